The second-order valence-corrected chi connectivity index (χ2v) is 12.3. The highest BCUT2D eigenvalue weighted by Crippen LogP contribution is 2.33. The first-order valence-electron chi connectivity index (χ1n) is 16.8. The molecule has 3 aromatic heterocycles. The van der Waals surface area contributed by atoms with Crippen LogP contribution >= 0.6 is 0 Å². The van der Waals surface area contributed by atoms with Crippen LogP contribution < -0.4 is 0 Å². The van der Waals surface area contributed by atoms with E-state index in [0.717, 1.165) is 66.8 Å². The van der Waals surface area contributed by atoms with Gasteiger partial charge in [-0.15, -0.1) is 0 Å². The Bertz CT molecular complexity index is 2580. The maximum Gasteiger partial charge on any atom is 0.164 e. The first-order valence-corrected chi connectivity index (χ1v) is 16.8. The van der Waals surface area contributed by atoms with Gasteiger partial charge in [0, 0.05) is 40.0 Å². The average molecular weight is 655 g/mol. The minimum absolute atomic E-state index is 0.631. The van der Waals surface area contributed by atoms with Gasteiger partial charge in [0.15, 0.2) is 17.5 Å². The number of nitrogens with zero attached hydrogens (tertiary/aromatic N) is 6. The Balaban J connectivity index is 1.08. The van der Waals surface area contributed by atoms with Gasteiger partial charge in [-0.1, -0.05) is 127 Å². The van der Waals surface area contributed by atoms with E-state index in [-0.39, 0.29) is 0 Å². The van der Waals surface area contributed by atoms with Crippen LogP contribution in [0.15, 0.2) is 182 Å². The molecule has 240 valence electrons. The molecular formula is C45H30N6. The normalized spacial score (nSPS) is 11.1. The summed E-state index contributed by atoms with van der Waals surface area (Å²) in [7, 11) is 0. The van der Waals surface area contributed by atoms with E-state index in [1.807, 2.05) is 77.5 Å². The monoisotopic (exact) mass is 654 g/mol. The van der Waals surface area contributed by atoms with Crippen LogP contribution in [0.4, 0.5) is 0 Å². The summed E-state index contributed by atoms with van der Waals surface area (Å²) in [6.07, 6.45) is 3.61. The lowest BCUT2D eigenvalue weighted by Gasteiger charge is -2.11. The van der Waals surface area contributed by atoms with Gasteiger partial charge in [0.25, 0.3) is 0 Å². The van der Waals surface area contributed by atoms with Crippen LogP contribution in [-0.4, -0.2) is 29.7 Å². The van der Waals surface area contributed by atoms with Crippen LogP contribution in [0.1, 0.15) is 0 Å². The Morgan fingerprint density at radius 2 is 0.824 bits per heavy atom. The maximum absolute atomic E-state index is 5.09. The molecular weight excluding hydrogens is 625 g/mol. The van der Waals surface area contributed by atoms with Crippen LogP contribution in [0.3, 0.4) is 0 Å². The van der Waals surface area contributed by atoms with E-state index in [9.17, 15) is 0 Å². The van der Waals surface area contributed by atoms with E-state index in [2.05, 4.69) is 102 Å². The zero-order valence-electron chi connectivity index (χ0n) is 27.5. The molecule has 0 unspecified atom stereocenters. The highest BCUT2D eigenvalue weighted by atomic mass is 15.3. The predicted molar refractivity (Wildman–Crippen MR) is 205 cm³/mol. The van der Waals surface area contributed by atoms with Crippen molar-refractivity contribution in [1.82, 2.24) is 29.7 Å². The predicted octanol–water partition coefficient (Wildman–Crippen LogP) is 10.6. The molecule has 0 saturated carbocycles. The second-order valence-electron chi connectivity index (χ2n) is 12.3. The molecule has 0 N–H and O–H groups in total. The summed E-state index contributed by atoms with van der Waals surface area (Å²) in [5.41, 5.74) is 11.2. The maximum atomic E-state index is 5.09. The Kier molecular flexibility index (Phi) is 7.72. The first kappa shape index (κ1) is 30.0. The fourth-order valence-corrected chi connectivity index (χ4v) is 6.46. The van der Waals surface area contributed by atoms with Gasteiger partial charge in [0.1, 0.15) is 5.69 Å². The molecule has 3 heterocycles. The molecule has 51 heavy (non-hydrogen) atoms. The van der Waals surface area contributed by atoms with Crippen molar-refractivity contribution in [3.8, 4) is 73.4 Å². The van der Waals surface area contributed by atoms with Crippen LogP contribution in [0.2, 0.25) is 0 Å². The molecule has 0 amide bonds. The lowest BCUT2D eigenvalue weighted by Crippen LogP contribution is -2.00. The van der Waals surface area contributed by atoms with Gasteiger partial charge in [-0.2, -0.15) is 5.10 Å². The molecule has 0 aliphatic heterocycles. The third kappa shape index (κ3) is 5.96. The number of aromatic nitrogens is 6. The van der Waals surface area contributed by atoms with E-state index < -0.39 is 0 Å². The lowest BCUT2D eigenvalue weighted by atomic mass is 9.97. The summed E-state index contributed by atoms with van der Waals surface area (Å²) in [5, 5.41) is 6.19. The highest BCUT2D eigenvalue weighted by Gasteiger charge is 2.15. The van der Waals surface area contributed by atoms with E-state index in [1.54, 1.807) is 12.4 Å². The zero-order valence-corrected chi connectivity index (χ0v) is 27.5. The summed E-state index contributed by atoms with van der Waals surface area (Å²) >= 11 is 0. The molecule has 0 atom stereocenters. The van der Waals surface area contributed by atoms with Crippen LogP contribution in [0.25, 0.3) is 84.3 Å². The van der Waals surface area contributed by atoms with Gasteiger partial charge >= 0.3 is 0 Å². The van der Waals surface area contributed by atoms with Crippen molar-refractivity contribution in [2.24, 2.45) is 0 Å². The molecule has 0 aliphatic rings. The molecule has 9 aromatic rings. The van der Waals surface area contributed by atoms with Crippen molar-refractivity contribution >= 4 is 10.9 Å². The summed E-state index contributed by atoms with van der Waals surface area (Å²) < 4.78 is 2.03. The van der Waals surface area contributed by atoms with E-state index >= 15 is 0 Å². The smallest absolute Gasteiger partial charge is 0.164 e. The molecule has 0 saturated heterocycles. The van der Waals surface area contributed by atoms with Gasteiger partial charge in [-0.05, 0) is 64.7 Å². The number of benzene rings is 6. The van der Waals surface area contributed by atoms with Gasteiger partial charge in [0.05, 0.1) is 11.2 Å². The van der Waals surface area contributed by atoms with Crippen molar-refractivity contribution in [3.05, 3.63) is 182 Å². The third-order valence-electron chi connectivity index (χ3n) is 8.98. The van der Waals surface area contributed by atoms with Crippen molar-refractivity contribution in [2.45, 2.75) is 0 Å². The molecule has 9 rings (SSSR count). The summed E-state index contributed by atoms with van der Waals surface area (Å²) in [5.74, 6) is 1.92. The number of rotatable bonds is 7. The number of fused-ring (bicyclic) bond motifs is 1. The van der Waals surface area contributed by atoms with E-state index in [4.69, 9.17) is 20.1 Å². The fraction of sp³-hybridized carbons (Fsp3) is 0. The largest absolute Gasteiger partial charge is 0.265 e. The Labute approximate surface area is 295 Å². The highest BCUT2D eigenvalue weighted by molar-refractivity contribution is 5.94. The van der Waals surface area contributed by atoms with Crippen LogP contribution in [-0.2, 0) is 0 Å². The quantitative estimate of drug-likeness (QED) is 0.171. The van der Waals surface area contributed by atoms with Crippen LogP contribution in [0.5, 0.6) is 0 Å². The molecule has 6 heteroatoms. The SMILES string of the molecule is c1ccc(-c2nc(-c3ccccc3)nc(-c3cccc(-c4cccc(-c5cccc(-n6nc(-c7ccncc7)c7ccccc76)c5)c4)c3)n2)cc1. The summed E-state index contributed by atoms with van der Waals surface area (Å²) in [6, 6.07) is 58.1. The van der Waals surface area contributed by atoms with Crippen molar-refractivity contribution in [3.63, 3.8) is 0 Å². The molecule has 0 bridgehead atoms. The topological polar surface area (TPSA) is 69.4 Å². The first-order chi connectivity index (χ1) is 25.3. The van der Waals surface area contributed by atoms with Gasteiger partial charge in [-0.25, -0.2) is 19.6 Å². The van der Waals surface area contributed by atoms with Crippen molar-refractivity contribution < 1.29 is 0 Å². The van der Waals surface area contributed by atoms with Gasteiger partial charge in [-0.3, -0.25) is 4.98 Å². The third-order valence-corrected chi connectivity index (χ3v) is 8.98. The number of pyridine rings is 1. The molecule has 0 radical (unpaired) electrons. The van der Waals surface area contributed by atoms with E-state index in [1.165, 1.54) is 0 Å². The molecule has 0 spiro atoms. The summed E-state index contributed by atoms with van der Waals surface area (Å²) in [4.78, 5) is 18.9. The molecule has 0 aliphatic carbocycles. The zero-order chi connectivity index (χ0) is 34.0. The Morgan fingerprint density at radius 1 is 0.353 bits per heavy atom. The minimum atomic E-state index is 0.631. The molecule has 6 aromatic carbocycles. The lowest BCUT2D eigenvalue weighted by molar-refractivity contribution is 0.915. The minimum Gasteiger partial charge on any atom is -0.265 e. The molecule has 6 nitrogen and oxygen atoms in total. The van der Waals surface area contributed by atoms with Gasteiger partial charge in [0.2, 0.25) is 0 Å². The number of hydrogen-bond donors (Lipinski definition) is 0. The van der Waals surface area contributed by atoms with Crippen molar-refractivity contribution in [2.75, 3.05) is 0 Å². The number of para-hydroxylation sites is 1. The Hall–Kier alpha value is -7.05. The average Bonchev–Trinajstić information content (AvgIpc) is 3.62. The fourth-order valence-electron chi connectivity index (χ4n) is 6.46. The van der Waals surface area contributed by atoms with E-state index in [0.29, 0.717) is 17.5 Å². The molecule has 0 fully saturated rings. The van der Waals surface area contributed by atoms with Gasteiger partial charge < -0.3 is 0 Å². The standard InChI is InChI=1S/C45H30N6/c1-3-12-32(13-4-1)43-47-44(33-14-5-2-6-15-33)49-45(48-43)38-20-10-18-36(29-38)34-16-9-17-35(28-34)37-19-11-21-39(30-37)51-41-23-8-7-22-40(41)42(50-51)31-24-26-46-27-25-31/h1-30H. The second kappa shape index (κ2) is 13.1. The van der Waals surface area contributed by atoms with Crippen molar-refractivity contribution in [1.29, 1.82) is 0 Å². The summed E-state index contributed by atoms with van der Waals surface area (Å²) in [6.45, 7) is 0. The van der Waals surface area contributed by atoms with Crippen LogP contribution in [0, 0.1) is 0 Å². The Morgan fingerprint density at radius 3 is 1.45 bits per heavy atom. The number of hydrogen-bond acceptors (Lipinski definition) is 5.